The Labute approximate surface area is 150 Å². The number of carbonyl (C=O) groups is 1. The minimum atomic E-state index is 0.149. The first kappa shape index (κ1) is 17.7. The molecule has 0 aliphatic heterocycles. The van der Waals surface area contributed by atoms with Crippen molar-refractivity contribution < 1.29 is 10.1 Å². The van der Waals surface area contributed by atoms with Crippen molar-refractivity contribution in [3.05, 3.63) is 71.8 Å². The van der Waals surface area contributed by atoms with Gasteiger partial charge in [0.25, 0.3) is 5.91 Å². The van der Waals surface area contributed by atoms with E-state index < -0.39 is 0 Å². The van der Waals surface area contributed by atoms with E-state index in [1.807, 2.05) is 12.1 Å². The van der Waals surface area contributed by atoms with Crippen LogP contribution in [-0.2, 0) is 4.79 Å². The van der Waals surface area contributed by atoms with E-state index in [4.69, 9.17) is 0 Å². The zero-order valence-electron chi connectivity index (χ0n) is 15.0. The van der Waals surface area contributed by atoms with Gasteiger partial charge in [0.05, 0.1) is 0 Å². The van der Waals surface area contributed by atoms with E-state index in [0.717, 1.165) is 6.42 Å². The summed E-state index contributed by atoms with van der Waals surface area (Å²) in [6.07, 6.45) is 4.87. The molecule has 2 atom stereocenters. The summed E-state index contributed by atoms with van der Waals surface area (Å²) >= 11 is 0. The molecule has 0 saturated heterocycles. The van der Waals surface area contributed by atoms with Crippen LogP contribution in [-0.4, -0.2) is 18.5 Å². The molecule has 3 N–H and O–H groups in total. The molecule has 0 unspecified atom stereocenters. The Hall–Kier alpha value is -2.13. The second kappa shape index (κ2) is 8.82. The number of rotatable bonds is 6. The molecule has 1 aliphatic carbocycles. The molecule has 0 heterocycles. The van der Waals surface area contributed by atoms with Crippen molar-refractivity contribution in [1.29, 1.82) is 0 Å². The lowest BCUT2D eigenvalue weighted by molar-refractivity contribution is -0.676. The maximum absolute atomic E-state index is 12.5. The Morgan fingerprint density at radius 2 is 1.56 bits per heavy atom. The Bertz CT molecular complexity index is 617. The minimum Gasteiger partial charge on any atom is -0.348 e. The van der Waals surface area contributed by atoms with E-state index in [1.54, 1.807) is 0 Å². The summed E-state index contributed by atoms with van der Waals surface area (Å²) in [5, 5.41) is 5.40. The molecule has 2 aromatic carbocycles. The normalized spacial score (nSPS) is 20.4. The van der Waals surface area contributed by atoms with Gasteiger partial charge in [-0.05, 0) is 18.8 Å². The highest BCUT2D eigenvalue weighted by Crippen LogP contribution is 2.23. The first-order valence-corrected chi connectivity index (χ1v) is 9.46. The number of benzene rings is 2. The van der Waals surface area contributed by atoms with E-state index in [9.17, 15) is 4.79 Å². The van der Waals surface area contributed by atoms with Gasteiger partial charge < -0.3 is 10.6 Å². The molecule has 25 heavy (non-hydrogen) atoms. The van der Waals surface area contributed by atoms with Crippen molar-refractivity contribution in [2.75, 3.05) is 6.54 Å². The second-order valence-electron chi connectivity index (χ2n) is 7.17. The Kier molecular flexibility index (Phi) is 6.24. The molecule has 1 saturated carbocycles. The standard InChI is InChI=1S/C22H28N2O/c1-17-10-8-9-15-20(17)24-21(25)16-23-22(18-11-4-2-5-12-18)19-13-6-3-7-14-19/h2-7,11-14,17,20,22-23H,8-10,15-16H2,1H3,(H,24,25)/p+1/t17-,20-/m0/s1. The molecule has 0 aromatic heterocycles. The Balaban J connectivity index is 1.64. The largest absolute Gasteiger partial charge is 0.348 e. The van der Waals surface area contributed by atoms with Crippen molar-refractivity contribution in [3.63, 3.8) is 0 Å². The third-order valence-corrected chi connectivity index (χ3v) is 5.31. The molecule has 1 fully saturated rings. The summed E-state index contributed by atoms with van der Waals surface area (Å²) in [5.41, 5.74) is 2.46. The van der Waals surface area contributed by atoms with Crippen molar-refractivity contribution in [3.8, 4) is 0 Å². The summed E-state index contributed by atoms with van der Waals surface area (Å²) < 4.78 is 0. The van der Waals surface area contributed by atoms with Crippen LogP contribution in [0.25, 0.3) is 0 Å². The predicted molar refractivity (Wildman–Crippen MR) is 101 cm³/mol. The van der Waals surface area contributed by atoms with E-state index in [2.05, 4.69) is 66.1 Å². The lowest BCUT2D eigenvalue weighted by Gasteiger charge is -2.29. The zero-order chi connectivity index (χ0) is 17.5. The van der Waals surface area contributed by atoms with Crippen molar-refractivity contribution in [1.82, 2.24) is 5.32 Å². The molecule has 0 bridgehead atoms. The number of hydrogen-bond donors (Lipinski definition) is 2. The van der Waals surface area contributed by atoms with Crippen molar-refractivity contribution in [2.24, 2.45) is 5.92 Å². The van der Waals surface area contributed by atoms with E-state index >= 15 is 0 Å². The van der Waals surface area contributed by atoms with Gasteiger partial charge >= 0.3 is 0 Å². The minimum absolute atomic E-state index is 0.149. The van der Waals surface area contributed by atoms with Crippen LogP contribution < -0.4 is 10.6 Å². The average Bonchev–Trinajstić information content (AvgIpc) is 2.66. The summed E-state index contributed by atoms with van der Waals surface area (Å²) in [6, 6.07) is 21.3. The highest BCUT2D eigenvalue weighted by atomic mass is 16.2. The van der Waals surface area contributed by atoms with Gasteiger partial charge in [-0.3, -0.25) is 4.79 Å². The van der Waals surface area contributed by atoms with Gasteiger partial charge in [-0.1, -0.05) is 80.4 Å². The number of nitrogens with two attached hydrogens (primary N) is 1. The SMILES string of the molecule is C[C@H]1CCCC[C@@H]1NC(=O)C[NH2+]C(c1ccccc1)c1ccccc1. The summed E-state index contributed by atoms with van der Waals surface area (Å²) in [7, 11) is 0. The van der Waals surface area contributed by atoms with Crippen molar-refractivity contribution in [2.45, 2.75) is 44.7 Å². The van der Waals surface area contributed by atoms with Crippen molar-refractivity contribution >= 4 is 5.91 Å². The van der Waals surface area contributed by atoms with Gasteiger partial charge in [-0.15, -0.1) is 0 Å². The summed E-state index contributed by atoms with van der Waals surface area (Å²) in [6.45, 7) is 2.71. The first-order valence-electron chi connectivity index (χ1n) is 9.46. The van der Waals surface area contributed by atoms with E-state index in [-0.39, 0.29) is 11.9 Å². The lowest BCUT2D eigenvalue weighted by atomic mass is 9.86. The first-order chi connectivity index (χ1) is 12.2. The average molecular weight is 337 g/mol. The quantitative estimate of drug-likeness (QED) is 0.836. The van der Waals surface area contributed by atoms with Crippen LogP contribution in [0.3, 0.4) is 0 Å². The molecule has 3 rings (SSSR count). The maximum Gasteiger partial charge on any atom is 0.275 e. The summed E-state index contributed by atoms with van der Waals surface area (Å²) in [4.78, 5) is 12.5. The molecule has 2 aromatic rings. The fourth-order valence-electron chi connectivity index (χ4n) is 3.81. The number of carbonyl (C=O) groups excluding carboxylic acids is 1. The third kappa shape index (κ3) is 4.93. The molecule has 0 spiro atoms. The van der Waals surface area contributed by atoms with E-state index in [1.165, 1.54) is 30.4 Å². The molecular formula is C22H29N2O+. The lowest BCUT2D eigenvalue weighted by Crippen LogP contribution is -2.88. The molecular weight excluding hydrogens is 308 g/mol. The van der Waals surface area contributed by atoms with Gasteiger partial charge in [0.2, 0.25) is 0 Å². The number of quaternary nitrogens is 1. The highest BCUT2D eigenvalue weighted by Gasteiger charge is 2.24. The van der Waals surface area contributed by atoms with Gasteiger partial charge in [0, 0.05) is 17.2 Å². The predicted octanol–water partition coefficient (Wildman–Crippen LogP) is 3.03. The van der Waals surface area contributed by atoms with Gasteiger partial charge in [-0.2, -0.15) is 0 Å². The summed E-state index contributed by atoms with van der Waals surface area (Å²) in [5.74, 6) is 0.743. The third-order valence-electron chi connectivity index (χ3n) is 5.31. The van der Waals surface area contributed by atoms with Gasteiger partial charge in [0.15, 0.2) is 6.54 Å². The molecule has 3 heteroatoms. The zero-order valence-corrected chi connectivity index (χ0v) is 15.0. The molecule has 1 amide bonds. The fourth-order valence-corrected chi connectivity index (χ4v) is 3.81. The van der Waals surface area contributed by atoms with Crippen LogP contribution in [0.4, 0.5) is 0 Å². The smallest absolute Gasteiger partial charge is 0.275 e. The van der Waals surface area contributed by atoms with Crippen LogP contribution in [0.1, 0.15) is 49.8 Å². The van der Waals surface area contributed by atoms with Gasteiger partial charge in [-0.25, -0.2) is 0 Å². The van der Waals surface area contributed by atoms with E-state index in [0.29, 0.717) is 18.5 Å². The molecule has 3 nitrogen and oxygen atoms in total. The fraction of sp³-hybridized carbons (Fsp3) is 0.409. The number of amides is 1. The number of hydrogen-bond acceptors (Lipinski definition) is 1. The van der Waals surface area contributed by atoms with Crippen LogP contribution in [0.5, 0.6) is 0 Å². The number of nitrogens with one attached hydrogen (secondary N) is 1. The van der Waals surface area contributed by atoms with Crippen LogP contribution in [0.15, 0.2) is 60.7 Å². The van der Waals surface area contributed by atoms with Crippen LogP contribution in [0, 0.1) is 5.92 Å². The molecule has 1 aliphatic rings. The second-order valence-corrected chi connectivity index (χ2v) is 7.17. The topological polar surface area (TPSA) is 45.7 Å². The Morgan fingerprint density at radius 1 is 1.00 bits per heavy atom. The molecule has 132 valence electrons. The monoisotopic (exact) mass is 337 g/mol. The highest BCUT2D eigenvalue weighted by molar-refractivity contribution is 5.77. The maximum atomic E-state index is 12.5. The van der Waals surface area contributed by atoms with Gasteiger partial charge in [0.1, 0.15) is 6.04 Å². The van der Waals surface area contributed by atoms with Crippen LogP contribution in [0.2, 0.25) is 0 Å². The molecule has 0 radical (unpaired) electrons. The Morgan fingerprint density at radius 3 is 2.12 bits per heavy atom. The van der Waals surface area contributed by atoms with Crippen LogP contribution >= 0.6 is 0 Å².